The monoisotopic (exact) mass is 271 g/mol. The van der Waals surface area contributed by atoms with Crippen LogP contribution in [0.15, 0.2) is 12.1 Å². The fraction of sp³-hybridized carbons (Fsp3) is 0.600. The van der Waals surface area contributed by atoms with E-state index in [2.05, 4.69) is 19.2 Å². The van der Waals surface area contributed by atoms with Crippen molar-refractivity contribution in [1.82, 2.24) is 0 Å². The first kappa shape index (κ1) is 14.2. The summed E-state index contributed by atoms with van der Waals surface area (Å²) in [7, 11) is 0. The van der Waals surface area contributed by atoms with E-state index in [1.165, 1.54) is 6.42 Å². The van der Waals surface area contributed by atoms with Crippen LogP contribution in [0.2, 0.25) is 0 Å². The minimum atomic E-state index is -1.15. The number of benzene rings is 1. The van der Waals surface area contributed by atoms with Gasteiger partial charge in [-0.15, -0.1) is 0 Å². The second kappa shape index (κ2) is 5.85. The first-order valence-electron chi connectivity index (χ1n) is 6.88. The Kier molecular flexibility index (Phi) is 4.38. The lowest BCUT2D eigenvalue weighted by Gasteiger charge is -2.32. The topological polar surface area (TPSA) is 12.0 Å². The van der Waals surface area contributed by atoms with Gasteiger partial charge in [0.05, 0.1) is 5.69 Å². The summed E-state index contributed by atoms with van der Waals surface area (Å²) in [5, 5.41) is 3.02. The van der Waals surface area contributed by atoms with Crippen molar-refractivity contribution in [2.24, 2.45) is 11.8 Å². The molecule has 1 aliphatic rings. The standard InChI is InChI=1S/C15H20F3N/c1-9(2)10-4-3-5-11(6-10)19-15-8-13(17)12(16)7-14(15)18/h7-11,19H,3-6H2,1-2H3. The van der Waals surface area contributed by atoms with Crippen molar-refractivity contribution in [1.29, 1.82) is 0 Å². The maximum Gasteiger partial charge on any atom is 0.161 e. The molecule has 0 radical (unpaired) electrons. The zero-order chi connectivity index (χ0) is 14.0. The molecule has 2 atom stereocenters. The highest BCUT2D eigenvalue weighted by Gasteiger charge is 2.24. The predicted molar refractivity (Wildman–Crippen MR) is 70.5 cm³/mol. The van der Waals surface area contributed by atoms with Gasteiger partial charge in [0.2, 0.25) is 0 Å². The van der Waals surface area contributed by atoms with Gasteiger partial charge in [0.1, 0.15) is 5.82 Å². The van der Waals surface area contributed by atoms with Crippen LogP contribution in [0, 0.1) is 29.3 Å². The molecule has 2 unspecified atom stereocenters. The summed E-state index contributed by atoms with van der Waals surface area (Å²) in [6.07, 6.45) is 4.18. The summed E-state index contributed by atoms with van der Waals surface area (Å²) in [5.74, 6) is -1.68. The van der Waals surface area contributed by atoms with Crippen LogP contribution in [0.25, 0.3) is 0 Å². The molecule has 0 spiro atoms. The van der Waals surface area contributed by atoms with Gasteiger partial charge in [0.25, 0.3) is 0 Å². The molecular weight excluding hydrogens is 251 g/mol. The molecular formula is C15H20F3N. The van der Waals surface area contributed by atoms with Gasteiger partial charge in [-0.3, -0.25) is 0 Å². The molecule has 1 N–H and O–H groups in total. The molecule has 0 heterocycles. The van der Waals surface area contributed by atoms with Crippen LogP contribution in [-0.4, -0.2) is 6.04 Å². The van der Waals surface area contributed by atoms with Gasteiger partial charge in [0.15, 0.2) is 11.6 Å². The molecule has 1 nitrogen and oxygen atoms in total. The van der Waals surface area contributed by atoms with Crippen molar-refractivity contribution < 1.29 is 13.2 Å². The highest BCUT2D eigenvalue weighted by molar-refractivity contribution is 5.46. The molecule has 0 aromatic heterocycles. The third-order valence-corrected chi connectivity index (χ3v) is 4.03. The fourth-order valence-corrected chi connectivity index (χ4v) is 2.82. The van der Waals surface area contributed by atoms with E-state index < -0.39 is 17.5 Å². The van der Waals surface area contributed by atoms with Crippen molar-refractivity contribution in [3.05, 3.63) is 29.6 Å². The zero-order valence-corrected chi connectivity index (χ0v) is 11.3. The molecule has 0 amide bonds. The van der Waals surface area contributed by atoms with Crippen molar-refractivity contribution in [2.75, 3.05) is 5.32 Å². The van der Waals surface area contributed by atoms with Crippen molar-refractivity contribution in [3.8, 4) is 0 Å². The van der Waals surface area contributed by atoms with E-state index in [1.807, 2.05) is 0 Å². The summed E-state index contributed by atoms with van der Waals surface area (Å²) < 4.78 is 39.6. The van der Waals surface area contributed by atoms with Gasteiger partial charge >= 0.3 is 0 Å². The van der Waals surface area contributed by atoms with Crippen LogP contribution in [0.5, 0.6) is 0 Å². The first-order chi connectivity index (χ1) is 8.97. The maximum absolute atomic E-state index is 13.6. The van der Waals surface area contributed by atoms with E-state index in [0.29, 0.717) is 17.9 Å². The van der Waals surface area contributed by atoms with Crippen molar-refractivity contribution in [2.45, 2.75) is 45.6 Å². The van der Waals surface area contributed by atoms with E-state index in [4.69, 9.17) is 0 Å². The lowest BCUT2D eigenvalue weighted by atomic mass is 9.79. The minimum Gasteiger partial charge on any atom is -0.380 e. The minimum absolute atomic E-state index is 0.0632. The van der Waals surface area contributed by atoms with E-state index in [-0.39, 0.29) is 11.7 Å². The highest BCUT2D eigenvalue weighted by Crippen LogP contribution is 2.32. The number of hydrogen-bond acceptors (Lipinski definition) is 1. The highest BCUT2D eigenvalue weighted by atomic mass is 19.2. The fourth-order valence-electron chi connectivity index (χ4n) is 2.82. The van der Waals surface area contributed by atoms with E-state index in [0.717, 1.165) is 25.3 Å². The SMILES string of the molecule is CC(C)C1CCCC(Nc2cc(F)c(F)cc2F)C1. The van der Waals surface area contributed by atoms with Gasteiger partial charge in [-0.2, -0.15) is 0 Å². The number of rotatable bonds is 3. The summed E-state index contributed by atoms with van der Waals surface area (Å²) in [5.41, 5.74) is 0.0632. The lowest BCUT2D eigenvalue weighted by molar-refractivity contribution is 0.264. The van der Waals surface area contributed by atoms with Crippen LogP contribution in [0.4, 0.5) is 18.9 Å². The zero-order valence-electron chi connectivity index (χ0n) is 11.3. The van der Waals surface area contributed by atoms with Crippen LogP contribution < -0.4 is 5.32 Å². The van der Waals surface area contributed by atoms with E-state index >= 15 is 0 Å². The second-order valence-electron chi connectivity index (χ2n) is 5.76. The average Bonchev–Trinajstić information content (AvgIpc) is 2.36. The average molecular weight is 271 g/mol. The summed E-state index contributed by atoms with van der Waals surface area (Å²) in [6, 6.07) is 1.64. The predicted octanol–water partition coefficient (Wildman–Crippen LogP) is 4.73. The Morgan fingerprint density at radius 2 is 1.74 bits per heavy atom. The molecule has 2 rings (SSSR count). The normalized spacial score (nSPS) is 23.7. The molecule has 1 aliphatic carbocycles. The number of anilines is 1. The third-order valence-electron chi connectivity index (χ3n) is 4.03. The molecule has 1 saturated carbocycles. The van der Waals surface area contributed by atoms with Crippen LogP contribution in [0.3, 0.4) is 0 Å². The quantitative estimate of drug-likeness (QED) is 0.784. The Morgan fingerprint density at radius 1 is 1.05 bits per heavy atom. The molecule has 4 heteroatoms. The van der Waals surface area contributed by atoms with Crippen LogP contribution >= 0.6 is 0 Å². The lowest BCUT2D eigenvalue weighted by Crippen LogP contribution is -2.29. The van der Waals surface area contributed by atoms with Crippen LogP contribution in [0.1, 0.15) is 39.5 Å². The summed E-state index contributed by atoms with van der Waals surface area (Å²) in [6.45, 7) is 4.37. The van der Waals surface area contributed by atoms with Crippen LogP contribution in [-0.2, 0) is 0 Å². The van der Waals surface area contributed by atoms with Gasteiger partial charge in [0, 0.05) is 18.2 Å². The van der Waals surface area contributed by atoms with E-state index in [9.17, 15) is 13.2 Å². The smallest absolute Gasteiger partial charge is 0.161 e. The molecule has 1 aromatic rings. The van der Waals surface area contributed by atoms with Crippen molar-refractivity contribution >= 4 is 5.69 Å². The molecule has 1 fully saturated rings. The van der Waals surface area contributed by atoms with Gasteiger partial charge < -0.3 is 5.32 Å². The largest absolute Gasteiger partial charge is 0.380 e. The molecule has 106 valence electrons. The van der Waals surface area contributed by atoms with Gasteiger partial charge in [-0.05, 0) is 24.7 Å². The Morgan fingerprint density at radius 3 is 2.42 bits per heavy atom. The number of halogens is 3. The van der Waals surface area contributed by atoms with Crippen molar-refractivity contribution in [3.63, 3.8) is 0 Å². The van der Waals surface area contributed by atoms with Gasteiger partial charge in [-0.1, -0.05) is 26.7 Å². The Labute approximate surface area is 112 Å². The number of nitrogens with one attached hydrogen (secondary N) is 1. The summed E-state index contributed by atoms with van der Waals surface area (Å²) in [4.78, 5) is 0. The summed E-state index contributed by atoms with van der Waals surface area (Å²) >= 11 is 0. The number of hydrogen-bond donors (Lipinski definition) is 1. The Bertz CT molecular complexity index is 445. The molecule has 0 saturated heterocycles. The first-order valence-corrected chi connectivity index (χ1v) is 6.88. The van der Waals surface area contributed by atoms with E-state index in [1.54, 1.807) is 0 Å². The van der Waals surface area contributed by atoms with Gasteiger partial charge in [-0.25, -0.2) is 13.2 Å². The Hall–Kier alpha value is -1.19. The molecule has 1 aromatic carbocycles. The third kappa shape index (κ3) is 3.43. The maximum atomic E-state index is 13.6. The second-order valence-corrected chi connectivity index (χ2v) is 5.76. The molecule has 0 aliphatic heterocycles. The molecule has 0 bridgehead atoms. The Balaban J connectivity index is 2.06. The molecule has 19 heavy (non-hydrogen) atoms.